The maximum absolute atomic E-state index is 5.00. The van der Waals surface area contributed by atoms with Crippen LogP contribution in [0.3, 0.4) is 0 Å². The van der Waals surface area contributed by atoms with Crippen LogP contribution < -0.4 is 5.32 Å². The van der Waals surface area contributed by atoms with E-state index in [0.29, 0.717) is 30.2 Å². The molecule has 20 heavy (non-hydrogen) atoms. The standard InChI is InChI=1S/C15H24N4O/c1-5-7-16-15(11(2)3)13-6-8-19(9-13)10-14-17-12(4)20-18-14/h6,8-9,11,15-16H,5,7,10H2,1-4H3. The molecule has 5 nitrogen and oxygen atoms in total. The van der Waals surface area contributed by atoms with Gasteiger partial charge in [0.05, 0.1) is 6.54 Å². The highest BCUT2D eigenvalue weighted by Crippen LogP contribution is 2.22. The molecule has 5 heteroatoms. The minimum atomic E-state index is 0.392. The Hall–Kier alpha value is -1.62. The minimum absolute atomic E-state index is 0.392. The van der Waals surface area contributed by atoms with Gasteiger partial charge >= 0.3 is 0 Å². The van der Waals surface area contributed by atoms with Gasteiger partial charge in [0.15, 0.2) is 5.82 Å². The molecule has 0 aliphatic rings. The third-order valence-corrected chi connectivity index (χ3v) is 3.31. The van der Waals surface area contributed by atoms with Crippen LogP contribution in [0.25, 0.3) is 0 Å². The predicted molar refractivity (Wildman–Crippen MR) is 78.4 cm³/mol. The van der Waals surface area contributed by atoms with Gasteiger partial charge in [0.2, 0.25) is 5.89 Å². The Balaban J connectivity index is 2.06. The number of aromatic nitrogens is 3. The molecule has 2 heterocycles. The summed E-state index contributed by atoms with van der Waals surface area (Å²) in [7, 11) is 0. The van der Waals surface area contributed by atoms with Crippen molar-refractivity contribution in [1.82, 2.24) is 20.0 Å². The lowest BCUT2D eigenvalue weighted by molar-refractivity contribution is 0.386. The van der Waals surface area contributed by atoms with E-state index in [1.807, 2.05) is 0 Å². The van der Waals surface area contributed by atoms with Gasteiger partial charge in [-0.1, -0.05) is 25.9 Å². The van der Waals surface area contributed by atoms with E-state index in [1.54, 1.807) is 6.92 Å². The second-order valence-corrected chi connectivity index (χ2v) is 5.52. The van der Waals surface area contributed by atoms with Crippen molar-refractivity contribution in [2.24, 2.45) is 5.92 Å². The summed E-state index contributed by atoms with van der Waals surface area (Å²) in [6.07, 6.45) is 5.38. The van der Waals surface area contributed by atoms with Crippen molar-refractivity contribution in [1.29, 1.82) is 0 Å². The van der Waals surface area contributed by atoms with Crippen LogP contribution in [0, 0.1) is 12.8 Å². The first kappa shape index (κ1) is 14.8. The summed E-state index contributed by atoms with van der Waals surface area (Å²) < 4.78 is 7.10. The summed E-state index contributed by atoms with van der Waals surface area (Å²) in [5.74, 6) is 1.88. The van der Waals surface area contributed by atoms with E-state index in [9.17, 15) is 0 Å². The summed E-state index contributed by atoms with van der Waals surface area (Å²) >= 11 is 0. The second-order valence-electron chi connectivity index (χ2n) is 5.52. The van der Waals surface area contributed by atoms with Crippen molar-refractivity contribution in [3.63, 3.8) is 0 Å². The van der Waals surface area contributed by atoms with Crippen LogP contribution in [0.2, 0.25) is 0 Å². The van der Waals surface area contributed by atoms with Crippen molar-refractivity contribution in [3.8, 4) is 0 Å². The first-order valence-electron chi connectivity index (χ1n) is 7.28. The minimum Gasteiger partial charge on any atom is -0.346 e. The van der Waals surface area contributed by atoms with Gasteiger partial charge in [-0.25, -0.2) is 0 Å². The highest BCUT2D eigenvalue weighted by atomic mass is 16.5. The number of nitrogens with one attached hydrogen (secondary N) is 1. The molecule has 1 N–H and O–H groups in total. The van der Waals surface area contributed by atoms with E-state index in [4.69, 9.17) is 4.52 Å². The monoisotopic (exact) mass is 276 g/mol. The summed E-state index contributed by atoms with van der Waals surface area (Å²) in [4.78, 5) is 4.23. The van der Waals surface area contributed by atoms with E-state index in [2.05, 4.69) is 59.3 Å². The Morgan fingerprint density at radius 2 is 2.20 bits per heavy atom. The van der Waals surface area contributed by atoms with Crippen molar-refractivity contribution in [2.45, 2.75) is 46.7 Å². The molecule has 0 aliphatic carbocycles. The second kappa shape index (κ2) is 6.70. The number of rotatable bonds is 7. The maximum Gasteiger partial charge on any atom is 0.223 e. The fourth-order valence-corrected chi connectivity index (χ4v) is 2.35. The van der Waals surface area contributed by atoms with Crippen LogP contribution in [-0.2, 0) is 6.54 Å². The lowest BCUT2D eigenvalue weighted by Gasteiger charge is -2.21. The van der Waals surface area contributed by atoms with E-state index >= 15 is 0 Å². The molecule has 0 fully saturated rings. The third-order valence-electron chi connectivity index (χ3n) is 3.31. The molecule has 0 aromatic carbocycles. The first-order chi connectivity index (χ1) is 9.60. The Morgan fingerprint density at radius 3 is 2.80 bits per heavy atom. The maximum atomic E-state index is 5.00. The number of hydrogen-bond acceptors (Lipinski definition) is 4. The van der Waals surface area contributed by atoms with E-state index < -0.39 is 0 Å². The molecule has 2 aromatic rings. The Morgan fingerprint density at radius 1 is 1.40 bits per heavy atom. The quantitative estimate of drug-likeness (QED) is 0.844. The molecular formula is C15H24N4O. The Kier molecular flexibility index (Phi) is 4.95. The fraction of sp³-hybridized carbons (Fsp3) is 0.600. The van der Waals surface area contributed by atoms with Gasteiger partial charge in [0.1, 0.15) is 0 Å². The summed E-state index contributed by atoms with van der Waals surface area (Å²) in [6.45, 7) is 10.2. The zero-order valence-electron chi connectivity index (χ0n) is 12.8. The van der Waals surface area contributed by atoms with Crippen molar-refractivity contribution >= 4 is 0 Å². The summed E-state index contributed by atoms with van der Waals surface area (Å²) in [6, 6.07) is 2.56. The molecule has 110 valence electrons. The van der Waals surface area contributed by atoms with Gasteiger partial charge < -0.3 is 14.4 Å². The molecule has 0 saturated carbocycles. The molecule has 0 bridgehead atoms. The molecule has 1 unspecified atom stereocenters. The number of aryl methyl sites for hydroxylation is 1. The molecule has 2 rings (SSSR count). The zero-order valence-corrected chi connectivity index (χ0v) is 12.8. The van der Waals surface area contributed by atoms with Gasteiger partial charge in [0, 0.05) is 25.4 Å². The smallest absolute Gasteiger partial charge is 0.223 e. The van der Waals surface area contributed by atoms with Crippen molar-refractivity contribution in [3.05, 3.63) is 35.7 Å². The van der Waals surface area contributed by atoms with Crippen molar-refractivity contribution < 1.29 is 4.52 Å². The first-order valence-corrected chi connectivity index (χ1v) is 7.28. The molecule has 0 aliphatic heterocycles. The SMILES string of the molecule is CCCNC(c1ccn(Cc2noc(C)n2)c1)C(C)C. The van der Waals surface area contributed by atoms with Gasteiger partial charge in [-0.05, 0) is 30.5 Å². The van der Waals surface area contributed by atoms with Crippen LogP contribution in [-0.4, -0.2) is 21.3 Å². The molecule has 0 amide bonds. The number of hydrogen-bond donors (Lipinski definition) is 1. The lowest BCUT2D eigenvalue weighted by Crippen LogP contribution is -2.26. The van der Waals surface area contributed by atoms with E-state index in [1.165, 1.54) is 5.56 Å². The topological polar surface area (TPSA) is 55.9 Å². The fourth-order valence-electron chi connectivity index (χ4n) is 2.35. The largest absolute Gasteiger partial charge is 0.346 e. The van der Waals surface area contributed by atoms with Crippen LogP contribution in [0.1, 0.15) is 50.5 Å². The van der Waals surface area contributed by atoms with Crippen LogP contribution >= 0.6 is 0 Å². The van der Waals surface area contributed by atoms with E-state index in [0.717, 1.165) is 13.0 Å². The molecular weight excluding hydrogens is 252 g/mol. The molecule has 1 atom stereocenters. The number of nitrogens with zero attached hydrogens (tertiary/aromatic N) is 3. The highest BCUT2D eigenvalue weighted by molar-refractivity contribution is 5.16. The lowest BCUT2D eigenvalue weighted by atomic mass is 9.98. The van der Waals surface area contributed by atoms with Crippen molar-refractivity contribution in [2.75, 3.05) is 6.54 Å². The summed E-state index contributed by atoms with van der Waals surface area (Å²) in [5.41, 5.74) is 1.31. The molecule has 0 saturated heterocycles. The van der Waals surface area contributed by atoms with Crippen LogP contribution in [0.15, 0.2) is 23.0 Å². The predicted octanol–water partition coefficient (Wildman–Crippen LogP) is 2.92. The van der Waals surface area contributed by atoms with Crippen LogP contribution in [0.4, 0.5) is 0 Å². The molecule has 2 aromatic heterocycles. The Labute approximate surface area is 120 Å². The molecule has 0 spiro atoms. The van der Waals surface area contributed by atoms with Gasteiger partial charge in [-0.3, -0.25) is 0 Å². The normalized spacial score (nSPS) is 13.1. The van der Waals surface area contributed by atoms with Gasteiger partial charge in [0.25, 0.3) is 0 Å². The van der Waals surface area contributed by atoms with E-state index in [-0.39, 0.29) is 0 Å². The zero-order chi connectivity index (χ0) is 14.5. The molecule has 0 radical (unpaired) electrons. The third kappa shape index (κ3) is 3.70. The van der Waals surface area contributed by atoms with Gasteiger partial charge in [-0.15, -0.1) is 0 Å². The summed E-state index contributed by atoms with van der Waals surface area (Å²) in [5, 5.41) is 7.53. The van der Waals surface area contributed by atoms with Crippen LogP contribution in [0.5, 0.6) is 0 Å². The highest BCUT2D eigenvalue weighted by Gasteiger charge is 2.16. The average molecular weight is 276 g/mol. The van der Waals surface area contributed by atoms with Gasteiger partial charge in [-0.2, -0.15) is 4.98 Å². The average Bonchev–Trinajstić information content (AvgIpc) is 3.00. The Bertz CT molecular complexity index is 529.